The fourth-order valence-electron chi connectivity index (χ4n) is 0.773. The molecule has 1 aromatic heterocycles. The van der Waals surface area contributed by atoms with E-state index in [9.17, 15) is 0 Å². The number of anilines is 1. The maximum absolute atomic E-state index is 5.30. The number of hydrogen-bond acceptors (Lipinski definition) is 4. The van der Waals surface area contributed by atoms with Gasteiger partial charge in [-0.2, -0.15) is 4.98 Å². The third-order valence-electron chi connectivity index (χ3n) is 1.27. The Bertz CT molecular complexity index is 206. The van der Waals surface area contributed by atoms with Gasteiger partial charge in [-0.25, -0.2) is 0 Å². The average molecular weight is 155 g/mol. The van der Waals surface area contributed by atoms with Crippen LogP contribution in [0.5, 0.6) is 0 Å². The minimum absolute atomic E-state index is 0.304. The van der Waals surface area contributed by atoms with Gasteiger partial charge in [0, 0.05) is 0 Å². The minimum Gasteiger partial charge on any atom is -0.367 e. The first-order chi connectivity index (χ1) is 5.33. The van der Waals surface area contributed by atoms with Crippen LogP contribution in [-0.2, 0) is 6.54 Å². The van der Waals surface area contributed by atoms with E-state index in [1.165, 1.54) is 0 Å². The van der Waals surface area contributed by atoms with Crippen LogP contribution in [-0.4, -0.2) is 21.7 Å². The van der Waals surface area contributed by atoms with Gasteiger partial charge in [0.25, 0.3) is 0 Å². The van der Waals surface area contributed by atoms with Crippen molar-refractivity contribution in [3.63, 3.8) is 0 Å². The van der Waals surface area contributed by atoms with E-state index < -0.39 is 0 Å². The second-order valence-corrected chi connectivity index (χ2v) is 2.32. The number of hydrogen-bond donors (Lipinski definition) is 3. The summed E-state index contributed by atoms with van der Waals surface area (Å²) in [5.41, 5.74) is 5.30. The predicted molar refractivity (Wildman–Crippen MR) is 42.8 cm³/mol. The van der Waals surface area contributed by atoms with Crippen LogP contribution in [0.2, 0.25) is 0 Å². The molecule has 0 aliphatic heterocycles. The molecule has 0 amide bonds. The van der Waals surface area contributed by atoms with Crippen molar-refractivity contribution in [2.75, 3.05) is 12.3 Å². The van der Waals surface area contributed by atoms with Crippen molar-refractivity contribution >= 4 is 5.95 Å². The highest BCUT2D eigenvalue weighted by atomic mass is 15.3. The second kappa shape index (κ2) is 3.92. The Balaban J connectivity index is 2.27. The molecule has 0 fully saturated rings. The number of aromatic amines is 1. The molecule has 0 spiro atoms. The second-order valence-electron chi connectivity index (χ2n) is 2.32. The Kier molecular flexibility index (Phi) is 2.85. The largest absolute Gasteiger partial charge is 0.367 e. The van der Waals surface area contributed by atoms with Gasteiger partial charge in [-0.1, -0.05) is 6.92 Å². The number of rotatable bonds is 4. The summed E-state index contributed by atoms with van der Waals surface area (Å²) >= 11 is 0. The lowest BCUT2D eigenvalue weighted by Crippen LogP contribution is -2.14. The van der Waals surface area contributed by atoms with Crippen molar-refractivity contribution in [3.8, 4) is 0 Å². The van der Waals surface area contributed by atoms with Crippen molar-refractivity contribution in [1.29, 1.82) is 0 Å². The molecular formula is C6H13N5. The Morgan fingerprint density at radius 3 is 3.00 bits per heavy atom. The molecule has 5 heteroatoms. The molecule has 1 aromatic rings. The summed E-state index contributed by atoms with van der Waals surface area (Å²) in [6, 6.07) is 0. The van der Waals surface area contributed by atoms with E-state index in [2.05, 4.69) is 27.4 Å². The third-order valence-corrected chi connectivity index (χ3v) is 1.27. The standard InChI is InChI=1S/C6H13N5/c1-2-3-8-4-5-9-6(7)11-10-5/h8H,2-4H2,1H3,(H3,7,9,10,11). The fraction of sp³-hybridized carbons (Fsp3) is 0.667. The lowest BCUT2D eigenvalue weighted by atomic mass is 10.5. The maximum atomic E-state index is 5.30. The normalized spacial score (nSPS) is 10.3. The van der Waals surface area contributed by atoms with E-state index in [1.54, 1.807) is 0 Å². The van der Waals surface area contributed by atoms with Crippen LogP contribution in [0.3, 0.4) is 0 Å². The molecule has 1 rings (SSSR count). The van der Waals surface area contributed by atoms with Crippen LogP contribution in [0.15, 0.2) is 0 Å². The molecule has 1 heterocycles. The molecule has 4 N–H and O–H groups in total. The highest BCUT2D eigenvalue weighted by molar-refractivity contribution is 5.12. The summed E-state index contributed by atoms with van der Waals surface area (Å²) in [6.45, 7) is 3.81. The lowest BCUT2D eigenvalue weighted by molar-refractivity contribution is 0.652. The zero-order chi connectivity index (χ0) is 8.10. The number of H-pyrrole nitrogens is 1. The smallest absolute Gasteiger partial charge is 0.239 e. The molecule has 0 aromatic carbocycles. The molecule has 0 atom stereocenters. The van der Waals surface area contributed by atoms with Gasteiger partial charge in [-0.15, -0.1) is 5.10 Å². The van der Waals surface area contributed by atoms with E-state index in [0.29, 0.717) is 12.5 Å². The molecule has 11 heavy (non-hydrogen) atoms. The summed E-state index contributed by atoms with van der Waals surface area (Å²) in [5.74, 6) is 1.09. The van der Waals surface area contributed by atoms with E-state index in [-0.39, 0.29) is 0 Å². The molecule has 0 bridgehead atoms. The van der Waals surface area contributed by atoms with Gasteiger partial charge in [-0.3, -0.25) is 5.10 Å². The van der Waals surface area contributed by atoms with Crippen molar-refractivity contribution < 1.29 is 0 Å². The van der Waals surface area contributed by atoms with Crippen molar-refractivity contribution in [1.82, 2.24) is 20.5 Å². The van der Waals surface area contributed by atoms with Gasteiger partial charge in [-0.05, 0) is 13.0 Å². The highest BCUT2D eigenvalue weighted by Gasteiger charge is 1.96. The monoisotopic (exact) mass is 155 g/mol. The first-order valence-corrected chi connectivity index (χ1v) is 3.70. The third kappa shape index (κ3) is 2.55. The molecule has 0 radical (unpaired) electrons. The zero-order valence-electron chi connectivity index (χ0n) is 6.59. The number of aromatic nitrogens is 3. The summed E-state index contributed by atoms with van der Waals surface area (Å²) in [7, 11) is 0. The van der Waals surface area contributed by atoms with Gasteiger partial charge < -0.3 is 11.1 Å². The summed E-state index contributed by atoms with van der Waals surface area (Å²) in [4.78, 5) is 3.93. The van der Waals surface area contributed by atoms with Gasteiger partial charge in [0.1, 0.15) is 5.82 Å². The summed E-state index contributed by atoms with van der Waals surface area (Å²) in [6.07, 6.45) is 1.11. The van der Waals surface area contributed by atoms with Gasteiger partial charge in [0.05, 0.1) is 6.54 Å². The number of nitrogens with one attached hydrogen (secondary N) is 2. The Labute approximate surface area is 65.4 Å². The van der Waals surface area contributed by atoms with E-state index in [4.69, 9.17) is 5.73 Å². The van der Waals surface area contributed by atoms with Crippen molar-refractivity contribution in [3.05, 3.63) is 5.82 Å². The van der Waals surface area contributed by atoms with Crippen LogP contribution in [0.4, 0.5) is 5.95 Å². The first kappa shape index (κ1) is 8.00. The molecule has 0 aliphatic rings. The summed E-state index contributed by atoms with van der Waals surface area (Å²) < 4.78 is 0. The molecule has 0 saturated carbocycles. The van der Waals surface area contributed by atoms with Gasteiger partial charge in [0.15, 0.2) is 0 Å². The van der Waals surface area contributed by atoms with Crippen LogP contribution in [0.25, 0.3) is 0 Å². The van der Waals surface area contributed by atoms with E-state index in [0.717, 1.165) is 18.8 Å². The minimum atomic E-state index is 0.304. The lowest BCUT2D eigenvalue weighted by Gasteiger charge is -1.96. The molecule has 0 aliphatic carbocycles. The molecule has 5 nitrogen and oxygen atoms in total. The number of nitrogens with zero attached hydrogens (tertiary/aromatic N) is 2. The highest BCUT2D eigenvalue weighted by Crippen LogP contribution is 1.91. The first-order valence-electron chi connectivity index (χ1n) is 3.70. The Morgan fingerprint density at radius 2 is 2.45 bits per heavy atom. The molecule has 0 saturated heterocycles. The topological polar surface area (TPSA) is 79.6 Å². The zero-order valence-corrected chi connectivity index (χ0v) is 6.59. The van der Waals surface area contributed by atoms with E-state index in [1.807, 2.05) is 0 Å². The predicted octanol–water partition coefficient (Wildman–Crippen LogP) is -0.114. The quantitative estimate of drug-likeness (QED) is 0.530. The fourth-order valence-corrected chi connectivity index (χ4v) is 0.773. The van der Waals surface area contributed by atoms with Gasteiger partial charge in [0.2, 0.25) is 5.95 Å². The van der Waals surface area contributed by atoms with Crippen molar-refractivity contribution in [2.24, 2.45) is 0 Å². The Hall–Kier alpha value is -1.10. The SMILES string of the molecule is CCCNCc1nc(N)n[nH]1. The average Bonchev–Trinajstić information content (AvgIpc) is 2.37. The van der Waals surface area contributed by atoms with Crippen LogP contribution < -0.4 is 11.1 Å². The molecule has 0 unspecified atom stereocenters. The van der Waals surface area contributed by atoms with Crippen LogP contribution in [0, 0.1) is 0 Å². The van der Waals surface area contributed by atoms with Crippen LogP contribution in [0.1, 0.15) is 19.2 Å². The number of nitrogens with two attached hydrogens (primary N) is 1. The van der Waals surface area contributed by atoms with Crippen LogP contribution >= 0.6 is 0 Å². The maximum Gasteiger partial charge on any atom is 0.239 e. The van der Waals surface area contributed by atoms with Gasteiger partial charge >= 0.3 is 0 Å². The number of nitrogen functional groups attached to an aromatic ring is 1. The van der Waals surface area contributed by atoms with E-state index >= 15 is 0 Å². The summed E-state index contributed by atoms with van der Waals surface area (Å²) in [5, 5.41) is 9.59. The van der Waals surface area contributed by atoms with Crippen molar-refractivity contribution in [2.45, 2.75) is 19.9 Å². The Morgan fingerprint density at radius 1 is 1.64 bits per heavy atom. The molecule has 62 valence electrons. The molecular weight excluding hydrogens is 142 g/mol.